The van der Waals surface area contributed by atoms with E-state index in [0.717, 1.165) is 69.5 Å². The van der Waals surface area contributed by atoms with Crippen molar-refractivity contribution in [3.8, 4) is 0 Å². The van der Waals surface area contributed by atoms with Gasteiger partial charge < -0.3 is 4.90 Å². The van der Waals surface area contributed by atoms with Gasteiger partial charge in [-0.25, -0.2) is 4.98 Å². The number of rotatable bonds is 5. The van der Waals surface area contributed by atoms with Gasteiger partial charge in [-0.2, -0.15) is 0 Å². The molecule has 4 fully saturated rings. The summed E-state index contributed by atoms with van der Waals surface area (Å²) in [6.07, 6.45) is 7.32. The van der Waals surface area contributed by atoms with Gasteiger partial charge in [0.2, 0.25) is 5.91 Å². The van der Waals surface area contributed by atoms with E-state index in [4.69, 9.17) is 16.6 Å². The van der Waals surface area contributed by atoms with Gasteiger partial charge in [0.15, 0.2) is 5.13 Å². The van der Waals surface area contributed by atoms with Crippen LogP contribution in [0.2, 0.25) is 5.02 Å². The maximum atomic E-state index is 14.1. The number of thiazole rings is 1. The lowest BCUT2D eigenvalue weighted by molar-refractivity contribution is -0.143. The highest BCUT2D eigenvalue weighted by Crippen LogP contribution is 2.60. The largest absolute Gasteiger partial charge is 0.308 e. The number of benzene rings is 1. The molecule has 1 heterocycles. The summed E-state index contributed by atoms with van der Waals surface area (Å²) in [6, 6.07) is 3.93. The number of fused-ring (bicyclic) bond motifs is 1. The Hall–Kier alpha value is -0.880. The Kier molecular flexibility index (Phi) is 6.13. The summed E-state index contributed by atoms with van der Waals surface area (Å²) >= 11 is 7.89. The normalized spacial score (nSPS) is 29.4. The highest BCUT2D eigenvalue weighted by Gasteiger charge is 2.56. The number of hydrogen-bond donors (Lipinski definition) is 0. The number of aryl methyl sites for hydroxylation is 1. The molecule has 7 heteroatoms. The van der Waals surface area contributed by atoms with Crippen LogP contribution in [-0.4, -0.2) is 43.0 Å². The third-order valence-electron chi connectivity index (χ3n) is 7.38. The van der Waals surface area contributed by atoms with E-state index in [0.29, 0.717) is 12.5 Å². The van der Waals surface area contributed by atoms with Crippen LogP contribution < -0.4 is 4.90 Å². The molecule has 4 aliphatic carbocycles. The molecule has 164 valence electrons. The lowest BCUT2D eigenvalue weighted by Gasteiger charge is -2.56. The first-order valence-corrected chi connectivity index (χ1v) is 12.1. The van der Waals surface area contributed by atoms with E-state index in [1.165, 1.54) is 19.3 Å². The van der Waals surface area contributed by atoms with Crippen LogP contribution in [0, 0.1) is 30.1 Å². The molecule has 0 aliphatic heterocycles. The highest BCUT2D eigenvalue weighted by atomic mass is 35.5. The minimum absolute atomic E-state index is 0. The Labute approximate surface area is 194 Å². The topological polar surface area (TPSA) is 36.4 Å². The van der Waals surface area contributed by atoms with Crippen molar-refractivity contribution >= 4 is 56.6 Å². The summed E-state index contributed by atoms with van der Waals surface area (Å²) < 4.78 is 1.07. The Balaban J connectivity index is 0.00000218. The number of amides is 1. The molecule has 0 spiro atoms. The molecule has 4 bridgehead atoms. The second-order valence-electron chi connectivity index (χ2n) is 10.0. The van der Waals surface area contributed by atoms with Crippen molar-refractivity contribution in [3.05, 3.63) is 22.7 Å². The molecule has 1 aromatic carbocycles. The molecule has 4 nitrogen and oxygen atoms in total. The standard InChI is InChI=1S/C23H30ClN3OS.ClH/c1-14-6-18(24)10-19-20(14)25-22(29-19)27(5-4-26(2)3)21(28)23-11-15-7-16(12-23)9-17(8-15)13-23;/h6,10,15-17H,4-5,7-9,11-13H2,1-3H3;1H. The van der Waals surface area contributed by atoms with Crippen LogP contribution in [0.15, 0.2) is 12.1 Å². The van der Waals surface area contributed by atoms with Crippen LogP contribution in [-0.2, 0) is 4.79 Å². The molecule has 4 aliphatic rings. The van der Waals surface area contributed by atoms with E-state index in [1.54, 1.807) is 11.3 Å². The van der Waals surface area contributed by atoms with E-state index < -0.39 is 0 Å². The minimum Gasteiger partial charge on any atom is -0.308 e. The first kappa shape index (κ1) is 22.3. The van der Waals surface area contributed by atoms with Crippen molar-refractivity contribution in [2.75, 3.05) is 32.1 Å². The van der Waals surface area contributed by atoms with Crippen LogP contribution in [0.1, 0.15) is 44.1 Å². The number of carbonyl (C=O) groups is 1. The van der Waals surface area contributed by atoms with E-state index >= 15 is 0 Å². The molecule has 0 N–H and O–H groups in total. The van der Waals surface area contributed by atoms with Gasteiger partial charge in [-0.1, -0.05) is 22.9 Å². The molecule has 4 saturated carbocycles. The van der Waals surface area contributed by atoms with Gasteiger partial charge in [0, 0.05) is 18.1 Å². The maximum absolute atomic E-state index is 14.1. The first-order chi connectivity index (χ1) is 13.8. The molecular formula is C23H31Cl2N3OS. The zero-order valence-corrected chi connectivity index (χ0v) is 20.4. The number of likely N-dealkylation sites (N-methyl/N-ethyl adjacent to an activating group) is 1. The lowest BCUT2D eigenvalue weighted by atomic mass is 9.49. The predicted molar refractivity (Wildman–Crippen MR) is 128 cm³/mol. The smallest absolute Gasteiger partial charge is 0.235 e. The summed E-state index contributed by atoms with van der Waals surface area (Å²) in [4.78, 5) is 23.2. The van der Waals surface area contributed by atoms with Gasteiger partial charge >= 0.3 is 0 Å². The fourth-order valence-corrected chi connectivity index (χ4v) is 7.95. The van der Waals surface area contributed by atoms with Crippen molar-refractivity contribution in [1.29, 1.82) is 0 Å². The van der Waals surface area contributed by atoms with Crippen LogP contribution in [0.4, 0.5) is 5.13 Å². The van der Waals surface area contributed by atoms with Gasteiger partial charge in [0.05, 0.1) is 15.6 Å². The number of hydrogen-bond acceptors (Lipinski definition) is 4. The summed E-state index contributed by atoms with van der Waals surface area (Å²) in [5, 5.41) is 1.57. The van der Waals surface area contributed by atoms with Crippen LogP contribution >= 0.6 is 35.3 Å². The Morgan fingerprint density at radius 3 is 2.30 bits per heavy atom. The average Bonchev–Trinajstić information content (AvgIpc) is 3.04. The first-order valence-electron chi connectivity index (χ1n) is 10.9. The molecule has 30 heavy (non-hydrogen) atoms. The Bertz CT molecular complexity index is 922. The number of carbonyl (C=O) groups excluding carboxylic acids is 1. The zero-order chi connectivity index (χ0) is 20.3. The summed E-state index contributed by atoms with van der Waals surface area (Å²) in [7, 11) is 4.13. The average molecular weight is 468 g/mol. The van der Waals surface area contributed by atoms with Crippen LogP contribution in [0.3, 0.4) is 0 Å². The van der Waals surface area contributed by atoms with Gasteiger partial charge in [-0.15, -0.1) is 12.4 Å². The number of anilines is 1. The molecule has 0 radical (unpaired) electrons. The van der Waals surface area contributed by atoms with Crippen molar-refractivity contribution in [2.24, 2.45) is 23.2 Å². The van der Waals surface area contributed by atoms with Crippen LogP contribution in [0.25, 0.3) is 10.2 Å². The van der Waals surface area contributed by atoms with Gasteiger partial charge in [-0.05, 0) is 95.0 Å². The van der Waals surface area contributed by atoms with E-state index in [1.807, 2.05) is 24.0 Å². The molecular weight excluding hydrogens is 437 g/mol. The summed E-state index contributed by atoms with van der Waals surface area (Å²) in [5.74, 6) is 2.62. The monoisotopic (exact) mass is 467 g/mol. The number of aromatic nitrogens is 1. The molecule has 2 aromatic rings. The zero-order valence-electron chi connectivity index (χ0n) is 18.0. The SMILES string of the molecule is Cc1cc(Cl)cc2sc(N(CCN(C)C)C(=O)C34CC5CC(CC(C5)C3)C4)nc12.Cl. The third-order valence-corrected chi connectivity index (χ3v) is 8.62. The second kappa shape index (κ2) is 8.23. The minimum atomic E-state index is -0.147. The van der Waals surface area contributed by atoms with Crippen molar-refractivity contribution in [3.63, 3.8) is 0 Å². The summed E-state index contributed by atoms with van der Waals surface area (Å²) in [6.45, 7) is 3.58. The van der Waals surface area contributed by atoms with Crippen molar-refractivity contribution in [2.45, 2.75) is 45.4 Å². The van der Waals surface area contributed by atoms with E-state index in [2.05, 4.69) is 19.0 Å². The van der Waals surface area contributed by atoms with Gasteiger partial charge in [-0.3, -0.25) is 9.69 Å². The highest BCUT2D eigenvalue weighted by molar-refractivity contribution is 7.22. The molecule has 0 unspecified atom stereocenters. The van der Waals surface area contributed by atoms with Gasteiger partial charge in [0.25, 0.3) is 0 Å². The Morgan fingerprint density at radius 1 is 1.13 bits per heavy atom. The number of nitrogens with zero attached hydrogens (tertiary/aromatic N) is 3. The molecule has 6 rings (SSSR count). The second-order valence-corrected chi connectivity index (χ2v) is 11.5. The fraction of sp³-hybridized carbons (Fsp3) is 0.652. The number of halogens is 2. The van der Waals surface area contributed by atoms with E-state index in [-0.39, 0.29) is 17.8 Å². The van der Waals surface area contributed by atoms with Gasteiger partial charge in [0.1, 0.15) is 0 Å². The van der Waals surface area contributed by atoms with Crippen molar-refractivity contribution in [1.82, 2.24) is 9.88 Å². The maximum Gasteiger partial charge on any atom is 0.235 e. The summed E-state index contributed by atoms with van der Waals surface area (Å²) in [5.41, 5.74) is 1.90. The van der Waals surface area contributed by atoms with E-state index in [9.17, 15) is 4.79 Å². The lowest BCUT2D eigenvalue weighted by Crippen LogP contribution is -2.55. The van der Waals surface area contributed by atoms with Crippen molar-refractivity contribution < 1.29 is 4.79 Å². The van der Waals surface area contributed by atoms with Crippen LogP contribution in [0.5, 0.6) is 0 Å². The predicted octanol–water partition coefficient (Wildman–Crippen LogP) is 5.79. The fourth-order valence-electron chi connectivity index (χ4n) is 6.50. The molecule has 0 saturated heterocycles. The molecule has 0 atom stereocenters. The Morgan fingerprint density at radius 2 is 1.73 bits per heavy atom. The quantitative estimate of drug-likeness (QED) is 0.557. The molecule has 1 aromatic heterocycles. The third kappa shape index (κ3) is 3.87. The molecule has 1 amide bonds.